The number of hydrogen-bond donors (Lipinski definition) is 1. The number of amides is 1. The standard InChI is InChI=1S/C31H28N6O3S2/c1-19-23(27(34(3)28(38)24(19)18-32)33-16-15-21-11-7-5-8-12-21)17-25-29(39)36(31(41)42-25)26-20(2)35(4)37(30(26)40)22-13-9-6-10-14-22/h5-14,17,33H,15-16H2,1-4H3/b25-17+. The summed E-state index contributed by atoms with van der Waals surface area (Å²) in [6, 6.07) is 21.1. The Morgan fingerprint density at radius 1 is 0.976 bits per heavy atom. The molecule has 1 saturated heterocycles. The molecule has 1 fully saturated rings. The van der Waals surface area contributed by atoms with E-state index in [1.54, 1.807) is 38.7 Å². The van der Waals surface area contributed by atoms with Crippen molar-refractivity contribution < 1.29 is 4.79 Å². The van der Waals surface area contributed by atoms with E-state index in [4.69, 9.17) is 12.2 Å². The van der Waals surface area contributed by atoms with Crippen molar-refractivity contribution in [1.29, 1.82) is 5.26 Å². The predicted octanol–water partition coefficient (Wildman–Crippen LogP) is 4.42. The van der Waals surface area contributed by atoms with Crippen molar-refractivity contribution in [2.75, 3.05) is 16.8 Å². The number of hydrogen-bond acceptors (Lipinski definition) is 7. The Kier molecular flexibility index (Phi) is 8.02. The lowest BCUT2D eigenvalue weighted by Gasteiger charge is -2.18. The summed E-state index contributed by atoms with van der Waals surface area (Å²) in [4.78, 5) is 42.0. The Morgan fingerprint density at radius 2 is 1.62 bits per heavy atom. The molecular weight excluding hydrogens is 569 g/mol. The van der Waals surface area contributed by atoms with Crippen molar-refractivity contribution in [3.05, 3.63) is 114 Å². The Morgan fingerprint density at radius 3 is 2.26 bits per heavy atom. The van der Waals surface area contributed by atoms with Crippen LogP contribution in [-0.4, -0.2) is 30.7 Å². The van der Waals surface area contributed by atoms with Gasteiger partial charge in [-0.25, -0.2) is 4.68 Å². The number of rotatable bonds is 7. The van der Waals surface area contributed by atoms with E-state index in [0.717, 1.165) is 17.3 Å². The molecule has 1 amide bonds. The second kappa shape index (κ2) is 11.7. The Hall–Kier alpha value is -4.66. The lowest BCUT2D eigenvalue weighted by Crippen LogP contribution is -2.33. The van der Waals surface area contributed by atoms with Gasteiger partial charge in [-0.15, -0.1) is 0 Å². The van der Waals surface area contributed by atoms with Crippen LogP contribution in [0.3, 0.4) is 0 Å². The predicted molar refractivity (Wildman–Crippen MR) is 171 cm³/mol. The molecule has 3 heterocycles. The molecule has 0 atom stereocenters. The number of thiocarbonyl (C=S) groups is 1. The minimum atomic E-state index is -0.446. The zero-order valence-electron chi connectivity index (χ0n) is 23.5. The van der Waals surface area contributed by atoms with Gasteiger partial charge in [0, 0.05) is 26.2 Å². The number of carbonyl (C=O) groups excluding carboxylic acids is 1. The SMILES string of the molecule is Cc1c(/C=C2/SC(=S)N(c3c(C)n(C)n(-c4ccccc4)c3=O)C2=O)c(NCCc2ccccc2)n(C)c(=O)c1C#N. The number of aromatic nitrogens is 3. The molecule has 0 aliphatic carbocycles. The molecule has 9 nitrogen and oxygen atoms in total. The van der Waals surface area contributed by atoms with E-state index in [0.29, 0.717) is 41.3 Å². The van der Waals surface area contributed by atoms with Crippen LogP contribution in [0, 0.1) is 25.2 Å². The van der Waals surface area contributed by atoms with E-state index < -0.39 is 11.5 Å². The summed E-state index contributed by atoms with van der Waals surface area (Å²) >= 11 is 6.69. The topological polar surface area (TPSA) is 105 Å². The Labute approximate surface area is 252 Å². The van der Waals surface area contributed by atoms with Crippen LogP contribution in [0.1, 0.15) is 27.9 Å². The molecule has 11 heteroatoms. The van der Waals surface area contributed by atoms with E-state index in [1.807, 2.05) is 66.7 Å². The second-order valence-electron chi connectivity index (χ2n) is 9.83. The van der Waals surface area contributed by atoms with Crippen LogP contribution >= 0.6 is 24.0 Å². The molecule has 1 aliphatic heterocycles. The van der Waals surface area contributed by atoms with Crippen LogP contribution < -0.4 is 21.3 Å². The van der Waals surface area contributed by atoms with Gasteiger partial charge in [0.2, 0.25) is 0 Å². The van der Waals surface area contributed by atoms with Crippen LogP contribution in [0.4, 0.5) is 11.5 Å². The van der Waals surface area contributed by atoms with Gasteiger partial charge in [-0.3, -0.25) is 28.5 Å². The lowest BCUT2D eigenvalue weighted by atomic mass is 10.0. The molecule has 5 rings (SSSR count). The molecular formula is C31H28N6O3S2. The number of nitrogens with one attached hydrogen (secondary N) is 1. The molecule has 0 saturated carbocycles. The highest BCUT2D eigenvalue weighted by atomic mass is 32.2. The molecule has 0 unspecified atom stereocenters. The molecule has 0 bridgehead atoms. The van der Waals surface area contributed by atoms with Gasteiger partial charge in [-0.05, 0) is 49.6 Å². The highest BCUT2D eigenvalue weighted by Crippen LogP contribution is 2.37. The van der Waals surface area contributed by atoms with Crippen LogP contribution in [0.5, 0.6) is 0 Å². The van der Waals surface area contributed by atoms with E-state index in [9.17, 15) is 19.6 Å². The van der Waals surface area contributed by atoms with Crippen molar-refractivity contribution >= 4 is 51.8 Å². The van der Waals surface area contributed by atoms with Crippen molar-refractivity contribution in [1.82, 2.24) is 13.9 Å². The maximum absolute atomic E-state index is 13.8. The van der Waals surface area contributed by atoms with E-state index in [1.165, 1.54) is 14.1 Å². The zero-order valence-corrected chi connectivity index (χ0v) is 25.2. The minimum Gasteiger partial charge on any atom is -0.371 e. The van der Waals surface area contributed by atoms with Gasteiger partial charge in [0.1, 0.15) is 23.1 Å². The van der Waals surface area contributed by atoms with Gasteiger partial charge < -0.3 is 5.32 Å². The molecule has 0 spiro atoms. The van der Waals surface area contributed by atoms with Crippen LogP contribution in [0.15, 0.2) is 75.2 Å². The Balaban J connectivity index is 1.56. The van der Waals surface area contributed by atoms with E-state index >= 15 is 0 Å². The normalized spacial score (nSPS) is 14.1. The number of nitriles is 1. The smallest absolute Gasteiger partial charge is 0.296 e. The third kappa shape index (κ3) is 5.00. The monoisotopic (exact) mass is 596 g/mol. The summed E-state index contributed by atoms with van der Waals surface area (Å²) in [5, 5.41) is 13.1. The van der Waals surface area contributed by atoms with Gasteiger partial charge in [0.15, 0.2) is 4.32 Å². The fourth-order valence-electron chi connectivity index (χ4n) is 5.02. The molecule has 42 heavy (non-hydrogen) atoms. The number of carbonyl (C=O) groups is 1. The first-order chi connectivity index (χ1) is 20.1. The van der Waals surface area contributed by atoms with Crippen molar-refractivity contribution in [3.63, 3.8) is 0 Å². The minimum absolute atomic E-state index is 0.00232. The fourth-order valence-corrected chi connectivity index (χ4v) is 6.27. The van der Waals surface area contributed by atoms with Crippen LogP contribution in [0.25, 0.3) is 11.8 Å². The maximum atomic E-state index is 13.8. The first kappa shape index (κ1) is 28.9. The molecule has 212 valence electrons. The largest absolute Gasteiger partial charge is 0.371 e. The van der Waals surface area contributed by atoms with Crippen LogP contribution in [0.2, 0.25) is 0 Å². The summed E-state index contributed by atoms with van der Waals surface area (Å²) in [7, 11) is 3.35. The molecule has 1 N–H and O–H groups in total. The second-order valence-corrected chi connectivity index (χ2v) is 11.5. The summed E-state index contributed by atoms with van der Waals surface area (Å²) < 4.78 is 4.81. The van der Waals surface area contributed by atoms with Gasteiger partial charge in [0.25, 0.3) is 17.0 Å². The van der Waals surface area contributed by atoms with Crippen LogP contribution in [-0.2, 0) is 25.3 Å². The number of benzene rings is 2. The molecule has 2 aromatic carbocycles. The number of nitrogens with zero attached hydrogens (tertiary/aromatic N) is 5. The van der Waals surface area contributed by atoms with Crippen molar-refractivity contribution in [2.24, 2.45) is 14.1 Å². The van der Waals surface area contributed by atoms with Gasteiger partial charge in [-0.2, -0.15) is 5.26 Å². The summed E-state index contributed by atoms with van der Waals surface area (Å²) in [6.45, 7) is 3.98. The molecule has 0 radical (unpaired) electrons. The Bertz CT molecular complexity index is 1910. The number of thioether (sulfide) groups is 1. The van der Waals surface area contributed by atoms with E-state index in [2.05, 4.69) is 5.32 Å². The van der Waals surface area contributed by atoms with Gasteiger partial charge in [0.05, 0.1) is 16.3 Å². The summed E-state index contributed by atoms with van der Waals surface area (Å²) in [5.41, 5.74) is 2.74. The first-order valence-corrected chi connectivity index (χ1v) is 14.4. The molecule has 2 aromatic heterocycles. The van der Waals surface area contributed by atoms with Crippen molar-refractivity contribution in [3.8, 4) is 11.8 Å². The lowest BCUT2D eigenvalue weighted by molar-refractivity contribution is -0.113. The number of anilines is 2. The zero-order chi connectivity index (χ0) is 30.1. The average Bonchev–Trinajstić information content (AvgIpc) is 3.38. The highest BCUT2D eigenvalue weighted by Gasteiger charge is 2.38. The average molecular weight is 597 g/mol. The fraction of sp³-hybridized carbons (Fsp3) is 0.194. The van der Waals surface area contributed by atoms with Gasteiger partial charge >= 0.3 is 0 Å². The maximum Gasteiger partial charge on any atom is 0.296 e. The number of pyridine rings is 1. The van der Waals surface area contributed by atoms with Crippen molar-refractivity contribution in [2.45, 2.75) is 20.3 Å². The first-order valence-electron chi connectivity index (χ1n) is 13.2. The number of para-hydroxylation sites is 1. The molecule has 1 aliphatic rings. The molecule has 4 aromatic rings. The third-order valence-electron chi connectivity index (χ3n) is 7.37. The summed E-state index contributed by atoms with van der Waals surface area (Å²) in [5.74, 6) is 0.0398. The third-order valence-corrected chi connectivity index (χ3v) is 8.67. The van der Waals surface area contributed by atoms with E-state index in [-0.39, 0.29) is 26.0 Å². The summed E-state index contributed by atoms with van der Waals surface area (Å²) in [6.07, 6.45) is 2.35. The van der Waals surface area contributed by atoms with Gasteiger partial charge in [-0.1, -0.05) is 72.5 Å². The highest BCUT2D eigenvalue weighted by molar-refractivity contribution is 8.27. The quantitative estimate of drug-likeness (QED) is 0.249.